The molecule has 0 saturated heterocycles. The van der Waals surface area contributed by atoms with Gasteiger partial charge in [-0.25, -0.2) is 18.4 Å². The summed E-state index contributed by atoms with van der Waals surface area (Å²) >= 11 is 0. The number of amidine groups is 1. The summed E-state index contributed by atoms with van der Waals surface area (Å²) in [5.74, 6) is 0.214. The molecular weight excluding hydrogens is 421 g/mol. The van der Waals surface area contributed by atoms with Crippen LogP contribution >= 0.6 is 0 Å². The lowest BCUT2D eigenvalue weighted by Gasteiger charge is -2.29. The molecule has 11 heteroatoms. The van der Waals surface area contributed by atoms with Crippen LogP contribution in [-0.2, 0) is 16.2 Å². The molecule has 0 unspecified atom stereocenters. The predicted octanol–water partition coefficient (Wildman–Crippen LogP) is 3.71. The summed E-state index contributed by atoms with van der Waals surface area (Å²) in [4.78, 5) is 3.80. The van der Waals surface area contributed by atoms with Crippen molar-refractivity contribution in [3.05, 3.63) is 59.8 Å². The van der Waals surface area contributed by atoms with Gasteiger partial charge in [-0.15, -0.1) is 4.40 Å². The molecule has 0 radical (unpaired) electrons. The molecule has 2 aromatic rings. The van der Waals surface area contributed by atoms with E-state index in [0.717, 1.165) is 18.3 Å². The number of aromatic nitrogens is 1. The van der Waals surface area contributed by atoms with Crippen LogP contribution in [0.2, 0.25) is 0 Å². The molecule has 1 aromatic carbocycles. The van der Waals surface area contributed by atoms with Gasteiger partial charge in [0, 0.05) is 17.8 Å². The van der Waals surface area contributed by atoms with Gasteiger partial charge in [-0.3, -0.25) is 0 Å². The Morgan fingerprint density at radius 1 is 1.13 bits per heavy atom. The number of nitrogens with zero attached hydrogens (tertiary/aromatic N) is 4. The van der Waals surface area contributed by atoms with E-state index >= 15 is 0 Å². The molecule has 156 valence electrons. The van der Waals surface area contributed by atoms with Crippen LogP contribution in [0.15, 0.2) is 58.2 Å². The fourth-order valence-electron chi connectivity index (χ4n) is 2.99. The Balaban J connectivity index is 1.61. The molecule has 0 spiro atoms. The first-order chi connectivity index (χ1) is 14.1. The van der Waals surface area contributed by atoms with Crippen LogP contribution < -0.4 is 4.74 Å². The van der Waals surface area contributed by atoms with Crippen LogP contribution in [0.25, 0.3) is 5.57 Å². The van der Waals surface area contributed by atoms with Crippen molar-refractivity contribution in [3.63, 3.8) is 0 Å². The lowest BCUT2D eigenvalue weighted by Crippen LogP contribution is -2.39. The van der Waals surface area contributed by atoms with Crippen LogP contribution in [0.5, 0.6) is 11.6 Å². The molecule has 4 rings (SSSR count). The lowest BCUT2D eigenvalue weighted by molar-refractivity contribution is -0.137. The third-order valence-electron chi connectivity index (χ3n) is 4.35. The third-order valence-corrected chi connectivity index (χ3v) is 5.50. The van der Waals surface area contributed by atoms with Crippen molar-refractivity contribution in [1.82, 2.24) is 9.99 Å². The highest BCUT2D eigenvalue weighted by molar-refractivity contribution is 7.90. The fourth-order valence-corrected chi connectivity index (χ4v) is 3.94. The minimum atomic E-state index is -4.50. The first-order valence-corrected chi connectivity index (χ1v) is 10.4. The van der Waals surface area contributed by atoms with E-state index in [9.17, 15) is 21.6 Å². The van der Waals surface area contributed by atoms with Gasteiger partial charge in [0.1, 0.15) is 5.75 Å². The van der Waals surface area contributed by atoms with E-state index in [1.165, 1.54) is 0 Å². The highest BCUT2D eigenvalue weighted by Crippen LogP contribution is 2.32. The van der Waals surface area contributed by atoms with Crippen molar-refractivity contribution >= 4 is 27.1 Å². The van der Waals surface area contributed by atoms with Crippen LogP contribution in [-0.4, -0.2) is 42.3 Å². The van der Waals surface area contributed by atoms with Crippen LogP contribution in [0.4, 0.5) is 13.2 Å². The Kier molecular flexibility index (Phi) is 4.85. The number of ether oxygens (including phenoxy) is 1. The predicted molar refractivity (Wildman–Crippen MR) is 105 cm³/mol. The number of rotatable bonds is 3. The largest absolute Gasteiger partial charge is 0.439 e. The average molecular weight is 436 g/mol. The summed E-state index contributed by atoms with van der Waals surface area (Å²) in [6.45, 7) is 1.99. The standard InChI is InChI=1S/C19H15F3N4O3S/c1-12-10-16(18-25-30(27,28)9-8-26(18)24-12)13-2-4-15(5-3-13)29-17-11-14(6-7-23-17)19(20,21)22/h2-7,10-11H,8-9H2,1H3. The van der Waals surface area contributed by atoms with Gasteiger partial charge in [-0.1, -0.05) is 12.1 Å². The maximum atomic E-state index is 12.8. The smallest absolute Gasteiger partial charge is 0.416 e. The number of hydrazone groups is 1. The van der Waals surface area contributed by atoms with E-state index in [1.807, 2.05) is 0 Å². The molecule has 0 fully saturated rings. The molecule has 0 bridgehead atoms. The Hall–Kier alpha value is -3.21. The number of hydrogen-bond acceptors (Lipinski definition) is 6. The Bertz CT molecular complexity index is 1190. The SMILES string of the molecule is CC1=NN2CCS(=O)(=O)N=C2C(c2ccc(Oc3cc(C(F)(F)F)ccn3)cc2)=C1. The van der Waals surface area contributed by atoms with E-state index in [2.05, 4.69) is 14.5 Å². The van der Waals surface area contributed by atoms with Gasteiger partial charge in [0.15, 0.2) is 5.84 Å². The van der Waals surface area contributed by atoms with E-state index < -0.39 is 21.8 Å². The normalized spacial score (nSPS) is 18.1. The van der Waals surface area contributed by atoms with Gasteiger partial charge in [0.2, 0.25) is 5.88 Å². The molecule has 3 heterocycles. The number of hydrogen-bond donors (Lipinski definition) is 0. The van der Waals surface area contributed by atoms with Gasteiger partial charge < -0.3 is 4.74 Å². The molecule has 0 atom stereocenters. The summed E-state index contributed by atoms with van der Waals surface area (Å²) in [7, 11) is -3.57. The molecular formula is C19H15F3N4O3S. The van der Waals surface area contributed by atoms with Gasteiger partial charge in [0.05, 0.1) is 23.6 Å². The maximum Gasteiger partial charge on any atom is 0.416 e. The van der Waals surface area contributed by atoms with Gasteiger partial charge in [0.25, 0.3) is 10.0 Å². The summed E-state index contributed by atoms with van der Waals surface area (Å²) in [5.41, 5.74) is 1.07. The van der Waals surface area contributed by atoms with Crippen LogP contribution in [0, 0.1) is 0 Å². The van der Waals surface area contributed by atoms with Crippen molar-refractivity contribution in [3.8, 4) is 11.6 Å². The number of allylic oxidation sites excluding steroid dienone is 1. The minimum absolute atomic E-state index is 0.114. The van der Waals surface area contributed by atoms with Crippen LogP contribution in [0.3, 0.4) is 0 Å². The number of halogens is 3. The Labute approximate surface area is 170 Å². The first kappa shape index (κ1) is 20.1. The number of sulfonamides is 1. The van der Waals surface area contributed by atoms with Crippen molar-refractivity contribution in [2.24, 2.45) is 9.50 Å². The van der Waals surface area contributed by atoms with Gasteiger partial charge in [-0.2, -0.15) is 18.3 Å². The zero-order chi connectivity index (χ0) is 21.5. The quantitative estimate of drug-likeness (QED) is 0.733. The van der Waals surface area contributed by atoms with Gasteiger partial charge >= 0.3 is 6.18 Å². The van der Waals surface area contributed by atoms with Crippen molar-refractivity contribution in [2.75, 3.05) is 12.3 Å². The number of fused-ring (bicyclic) bond motifs is 1. The Morgan fingerprint density at radius 3 is 2.57 bits per heavy atom. The molecule has 0 saturated carbocycles. The summed E-state index contributed by atoms with van der Waals surface area (Å²) in [6, 6.07) is 8.12. The molecule has 0 N–H and O–H groups in total. The second kappa shape index (κ2) is 7.24. The third kappa shape index (κ3) is 4.20. The highest BCUT2D eigenvalue weighted by atomic mass is 32.2. The molecule has 7 nitrogen and oxygen atoms in total. The van der Waals surface area contributed by atoms with E-state index in [0.29, 0.717) is 16.8 Å². The van der Waals surface area contributed by atoms with E-state index in [-0.39, 0.29) is 29.8 Å². The number of alkyl halides is 3. The average Bonchev–Trinajstić information content (AvgIpc) is 2.68. The fraction of sp³-hybridized carbons (Fsp3) is 0.211. The summed E-state index contributed by atoms with van der Waals surface area (Å²) in [6.07, 6.45) is -1.75. The van der Waals surface area contributed by atoms with Gasteiger partial charge in [-0.05, 0) is 36.8 Å². The second-order valence-electron chi connectivity index (χ2n) is 6.63. The molecule has 2 aliphatic rings. The molecule has 1 aromatic heterocycles. The molecule has 0 aliphatic carbocycles. The number of benzene rings is 1. The first-order valence-electron chi connectivity index (χ1n) is 8.80. The summed E-state index contributed by atoms with van der Waals surface area (Å²) in [5, 5.41) is 5.84. The molecule has 30 heavy (non-hydrogen) atoms. The van der Waals surface area contributed by atoms with Crippen LogP contribution in [0.1, 0.15) is 18.1 Å². The Morgan fingerprint density at radius 2 is 1.87 bits per heavy atom. The summed E-state index contributed by atoms with van der Waals surface area (Å²) < 4.78 is 71.6. The van der Waals surface area contributed by atoms with Crippen molar-refractivity contribution in [2.45, 2.75) is 13.1 Å². The zero-order valence-corrected chi connectivity index (χ0v) is 16.4. The monoisotopic (exact) mass is 436 g/mol. The lowest BCUT2D eigenvalue weighted by atomic mass is 10.0. The molecule has 2 aliphatic heterocycles. The topological polar surface area (TPSA) is 84.2 Å². The zero-order valence-electron chi connectivity index (χ0n) is 15.6. The van der Waals surface area contributed by atoms with E-state index in [1.54, 1.807) is 42.3 Å². The maximum absolute atomic E-state index is 12.8. The minimum Gasteiger partial charge on any atom is -0.439 e. The number of pyridine rings is 1. The molecule has 0 amide bonds. The van der Waals surface area contributed by atoms with E-state index in [4.69, 9.17) is 4.74 Å². The second-order valence-corrected chi connectivity index (χ2v) is 8.39. The highest BCUT2D eigenvalue weighted by Gasteiger charge is 2.31. The van der Waals surface area contributed by atoms with Crippen molar-refractivity contribution < 1.29 is 26.3 Å². The van der Waals surface area contributed by atoms with Crippen molar-refractivity contribution in [1.29, 1.82) is 0 Å².